The van der Waals surface area contributed by atoms with Crippen molar-refractivity contribution in [1.82, 2.24) is 24.8 Å². The van der Waals surface area contributed by atoms with Gasteiger partial charge in [0.15, 0.2) is 0 Å². The highest BCUT2D eigenvalue weighted by Crippen LogP contribution is 1.95. The molecule has 2 aromatic heterocycles. The first-order chi connectivity index (χ1) is 8.36. The second-order valence-corrected chi connectivity index (χ2v) is 3.73. The minimum absolute atomic E-state index is 0.106. The summed E-state index contributed by atoms with van der Waals surface area (Å²) in [6, 6.07) is 0. The Morgan fingerprint density at radius 3 is 3.06 bits per heavy atom. The van der Waals surface area contributed by atoms with Crippen molar-refractivity contribution in [2.75, 3.05) is 6.54 Å². The molecular formula is C11H15N5O. The van der Waals surface area contributed by atoms with Crippen LogP contribution in [0.5, 0.6) is 0 Å². The predicted molar refractivity (Wildman–Crippen MR) is 62.4 cm³/mol. The van der Waals surface area contributed by atoms with Crippen molar-refractivity contribution in [2.45, 2.75) is 19.4 Å². The number of nitrogens with one attached hydrogen (secondary N) is 2. The van der Waals surface area contributed by atoms with E-state index in [2.05, 4.69) is 20.3 Å². The molecule has 6 nitrogen and oxygen atoms in total. The van der Waals surface area contributed by atoms with Crippen molar-refractivity contribution in [3.05, 3.63) is 36.9 Å². The molecule has 0 bridgehead atoms. The molecule has 0 unspecified atom stereocenters. The van der Waals surface area contributed by atoms with Gasteiger partial charge in [-0.25, -0.2) is 9.97 Å². The average Bonchev–Trinajstić information content (AvgIpc) is 3.01. The van der Waals surface area contributed by atoms with Crippen molar-refractivity contribution >= 4 is 5.91 Å². The number of amides is 1. The van der Waals surface area contributed by atoms with Crippen LogP contribution in [0, 0.1) is 0 Å². The van der Waals surface area contributed by atoms with Crippen molar-refractivity contribution in [1.29, 1.82) is 0 Å². The number of aromatic nitrogens is 4. The summed E-state index contributed by atoms with van der Waals surface area (Å²) in [6.07, 6.45) is 10.5. The number of nitrogens with zero attached hydrogens (tertiary/aromatic N) is 3. The lowest BCUT2D eigenvalue weighted by Crippen LogP contribution is -2.24. The second-order valence-electron chi connectivity index (χ2n) is 3.73. The third-order valence-electron chi connectivity index (χ3n) is 2.43. The third-order valence-corrected chi connectivity index (χ3v) is 2.43. The molecule has 0 aliphatic rings. The van der Waals surface area contributed by atoms with Crippen LogP contribution >= 0.6 is 0 Å². The van der Waals surface area contributed by atoms with Gasteiger partial charge >= 0.3 is 0 Å². The Labute approximate surface area is 99.1 Å². The van der Waals surface area contributed by atoms with Gasteiger partial charge in [0.1, 0.15) is 5.69 Å². The van der Waals surface area contributed by atoms with Gasteiger partial charge in [0.25, 0.3) is 5.91 Å². The highest BCUT2D eigenvalue weighted by atomic mass is 16.1. The van der Waals surface area contributed by atoms with Gasteiger partial charge in [0.05, 0.1) is 18.9 Å². The lowest BCUT2D eigenvalue weighted by Gasteiger charge is -2.04. The van der Waals surface area contributed by atoms with Crippen LogP contribution in [-0.2, 0) is 6.54 Å². The van der Waals surface area contributed by atoms with Crippen LogP contribution in [0.2, 0.25) is 0 Å². The van der Waals surface area contributed by atoms with Gasteiger partial charge in [-0.2, -0.15) is 0 Å². The molecule has 1 amide bonds. The smallest absolute Gasteiger partial charge is 0.269 e. The Kier molecular flexibility index (Phi) is 3.90. The largest absolute Gasteiger partial charge is 0.351 e. The third kappa shape index (κ3) is 3.44. The summed E-state index contributed by atoms with van der Waals surface area (Å²) in [5, 5.41) is 2.83. The number of aromatic amines is 1. The minimum Gasteiger partial charge on any atom is -0.351 e. The van der Waals surface area contributed by atoms with E-state index in [4.69, 9.17) is 0 Å². The van der Waals surface area contributed by atoms with E-state index in [0.29, 0.717) is 12.2 Å². The second kappa shape index (κ2) is 5.83. The van der Waals surface area contributed by atoms with Gasteiger partial charge in [-0.1, -0.05) is 0 Å². The maximum atomic E-state index is 11.5. The van der Waals surface area contributed by atoms with Gasteiger partial charge in [0, 0.05) is 25.5 Å². The van der Waals surface area contributed by atoms with Crippen LogP contribution in [0.25, 0.3) is 0 Å². The summed E-state index contributed by atoms with van der Waals surface area (Å²) < 4.78 is 2.02. The molecule has 2 N–H and O–H groups in total. The normalized spacial score (nSPS) is 10.4. The summed E-state index contributed by atoms with van der Waals surface area (Å²) in [7, 11) is 0. The lowest BCUT2D eigenvalue weighted by atomic mass is 10.3. The van der Waals surface area contributed by atoms with E-state index in [1.807, 2.05) is 10.8 Å². The molecule has 90 valence electrons. The van der Waals surface area contributed by atoms with E-state index in [-0.39, 0.29) is 5.91 Å². The predicted octanol–water partition coefficient (Wildman–Crippen LogP) is 0.816. The van der Waals surface area contributed by atoms with Crippen molar-refractivity contribution in [2.24, 2.45) is 0 Å². The first-order valence-corrected chi connectivity index (χ1v) is 5.58. The number of carbonyl (C=O) groups excluding carboxylic acids is 1. The first kappa shape index (κ1) is 11.4. The van der Waals surface area contributed by atoms with Gasteiger partial charge in [-0.05, 0) is 12.8 Å². The number of hydrogen-bond donors (Lipinski definition) is 2. The van der Waals surface area contributed by atoms with E-state index in [1.54, 1.807) is 12.5 Å². The number of H-pyrrole nitrogens is 1. The van der Waals surface area contributed by atoms with Crippen LogP contribution in [0.3, 0.4) is 0 Å². The Balaban J connectivity index is 1.59. The maximum absolute atomic E-state index is 11.5. The van der Waals surface area contributed by atoms with E-state index in [0.717, 1.165) is 19.4 Å². The highest BCUT2D eigenvalue weighted by molar-refractivity contribution is 5.91. The molecule has 0 fully saturated rings. The van der Waals surface area contributed by atoms with E-state index in [9.17, 15) is 4.79 Å². The highest BCUT2D eigenvalue weighted by Gasteiger charge is 2.04. The molecule has 0 aliphatic carbocycles. The maximum Gasteiger partial charge on any atom is 0.269 e. The molecule has 17 heavy (non-hydrogen) atoms. The topological polar surface area (TPSA) is 75.6 Å². The van der Waals surface area contributed by atoms with Gasteiger partial charge in [-0.3, -0.25) is 4.79 Å². The average molecular weight is 233 g/mol. The molecule has 0 atom stereocenters. The van der Waals surface area contributed by atoms with Crippen molar-refractivity contribution in [3.63, 3.8) is 0 Å². The van der Waals surface area contributed by atoms with E-state index < -0.39 is 0 Å². The summed E-state index contributed by atoms with van der Waals surface area (Å²) in [6.45, 7) is 1.60. The van der Waals surface area contributed by atoms with E-state index in [1.165, 1.54) is 12.5 Å². The number of hydrogen-bond acceptors (Lipinski definition) is 3. The molecule has 0 saturated carbocycles. The summed E-state index contributed by atoms with van der Waals surface area (Å²) in [5.41, 5.74) is 0.500. The molecular weight excluding hydrogens is 218 g/mol. The molecule has 0 aromatic carbocycles. The fourth-order valence-electron chi connectivity index (χ4n) is 1.52. The summed E-state index contributed by atoms with van der Waals surface area (Å²) >= 11 is 0. The van der Waals surface area contributed by atoms with E-state index >= 15 is 0 Å². The molecule has 2 aromatic rings. The van der Waals surface area contributed by atoms with Crippen molar-refractivity contribution < 1.29 is 4.79 Å². The molecule has 0 radical (unpaired) electrons. The van der Waals surface area contributed by atoms with Crippen LogP contribution < -0.4 is 5.32 Å². The summed E-state index contributed by atoms with van der Waals surface area (Å²) in [4.78, 5) is 22.0. The molecule has 2 heterocycles. The van der Waals surface area contributed by atoms with Crippen LogP contribution in [0.1, 0.15) is 23.3 Å². The fourth-order valence-corrected chi connectivity index (χ4v) is 1.52. The zero-order valence-electron chi connectivity index (χ0n) is 9.47. The molecule has 6 heteroatoms. The van der Waals surface area contributed by atoms with Crippen LogP contribution in [0.15, 0.2) is 31.2 Å². The monoisotopic (exact) mass is 233 g/mol. The molecule has 0 saturated heterocycles. The number of unbranched alkanes of at least 4 members (excludes halogenated alkanes) is 1. The standard InChI is InChI=1S/C11H15N5O/c17-11(10-7-13-8-15-10)14-3-1-2-5-16-6-4-12-9-16/h4,6-9H,1-3,5H2,(H,13,15)(H,14,17). The fraction of sp³-hybridized carbons (Fsp3) is 0.364. The number of aryl methyl sites for hydroxylation is 1. The van der Waals surface area contributed by atoms with Gasteiger partial charge < -0.3 is 14.9 Å². The first-order valence-electron chi connectivity index (χ1n) is 5.58. The van der Waals surface area contributed by atoms with Crippen LogP contribution in [0.4, 0.5) is 0 Å². The Morgan fingerprint density at radius 2 is 2.35 bits per heavy atom. The minimum atomic E-state index is -0.106. The lowest BCUT2D eigenvalue weighted by molar-refractivity contribution is 0.0948. The number of imidazole rings is 2. The number of rotatable bonds is 6. The molecule has 0 aliphatic heterocycles. The quantitative estimate of drug-likeness (QED) is 0.725. The summed E-state index contributed by atoms with van der Waals surface area (Å²) in [5.74, 6) is -0.106. The zero-order valence-corrected chi connectivity index (χ0v) is 9.47. The molecule has 0 spiro atoms. The Morgan fingerprint density at radius 1 is 1.41 bits per heavy atom. The SMILES string of the molecule is O=C(NCCCCn1ccnc1)c1cnc[nH]1. The molecule has 2 rings (SSSR count). The Bertz CT molecular complexity index is 434. The zero-order chi connectivity index (χ0) is 11.9. The number of carbonyl (C=O) groups is 1. The van der Waals surface area contributed by atoms with Gasteiger partial charge in [-0.15, -0.1) is 0 Å². The van der Waals surface area contributed by atoms with Crippen LogP contribution in [-0.4, -0.2) is 32.0 Å². The van der Waals surface area contributed by atoms with Gasteiger partial charge in [0.2, 0.25) is 0 Å². The van der Waals surface area contributed by atoms with Crippen molar-refractivity contribution in [3.8, 4) is 0 Å². The Hall–Kier alpha value is -2.11.